The van der Waals surface area contributed by atoms with Crippen molar-refractivity contribution in [1.29, 1.82) is 0 Å². The Hall–Kier alpha value is -0.220. The van der Waals surface area contributed by atoms with Crippen LogP contribution in [-0.2, 0) is 4.74 Å². The van der Waals surface area contributed by atoms with Crippen LogP contribution in [0.15, 0.2) is 4.99 Å². The first kappa shape index (κ1) is 11.9. The van der Waals surface area contributed by atoms with Gasteiger partial charge in [0.2, 0.25) is 0 Å². The van der Waals surface area contributed by atoms with E-state index in [-0.39, 0.29) is 0 Å². The van der Waals surface area contributed by atoms with Gasteiger partial charge in [0.25, 0.3) is 0 Å². The van der Waals surface area contributed by atoms with Crippen molar-refractivity contribution >= 4 is 16.9 Å². The Morgan fingerprint density at radius 2 is 2.36 bits per heavy atom. The minimum Gasteiger partial charge on any atom is -0.385 e. The maximum atomic E-state index is 4.99. The van der Waals surface area contributed by atoms with Crippen molar-refractivity contribution in [2.45, 2.75) is 31.4 Å². The number of thioether (sulfide) groups is 1. The van der Waals surface area contributed by atoms with Gasteiger partial charge in [0, 0.05) is 25.5 Å². The lowest BCUT2D eigenvalue weighted by molar-refractivity contribution is 0.192. The van der Waals surface area contributed by atoms with Crippen LogP contribution >= 0.6 is 11.8 Å². The van der Waals surface area contributed by atoms with E-state index in [2.05, 4.69) is 17.2 Å². The predicted molar refractivity (Wildman–Crippen MR) is 63.1 cm³/mol. The van der Waals surface area contributed by atoms with Gasteiger partial charge in [0.1, 0.15) is 0 Å². The first-order valence-corrected chi connectivity index (χ1v) is 6.15. The summed E-state index contributed by atoms with van der Waals surface area (Å²) in [5, 5.41) is 5.15. The molecule has 0 bridgehead atoms. The number of ether oxygens (including phenoxy) is 1. The van der Waals surface area contributed by atoms with E-state index in [9.17, 15) is 0 Å². The molecule has 14 heavy (non-hydrogen) atoms. The fraction of sp³-hybridized carbons (Fsp3) is 0.900. The number of unbranched alkanes of at least 4 members (excludes halogenated alkanes) is 2. The molecule has 0 aliphatic carbocycles. The van der Waals surface area contributed by atoms with Crippen LogP contribution in [0.25, 0.3) is 0 Å². The molecule has 0 aromatic heterocycles. The zero-order chi connectivity index (χ0) is 10.2. The summed E-state index contributed by atoms with van der Waals surface area (Å²) in [6.07, 6.45) is 3.60. The van der Waals surface area contributed by atoms with Gasteiger partial charge in [-0.15, -0.1) is 0 Å². The van der Waals surface area contributed by atoms with Gasteiger partial charge in [-0.1, -0.05) is 18.7 Å². The van der Waals surface area contributed by atoms with Gasteiger partial charge >= 0.3 is 0 Å². The van der Waals surface area contributed by atoms with Gasteiger partial charge in [-0.3, -0.25) is 4.99 Å². The van der Waals surface area contributed by atoms with Crippen LogP contribution in [0.3, 0.4) is 0 Å². The molecule has 1 heterocycles. The summed E-state index contributed by atoms with van der Waals surface area (Å²) in [5.41, 5.74) is 0. The molecular weight excluding hydrogens is 196 g/mol. The highest BCUT2D eigenvalue weighted by atomic mass is 32.2. The second kappa shape index (κ2) is 7.12. The summed E-state index contributed by atoms with van der Waals surface area (Å²) in [4.78, 5) is 4.39. The molecule has 1 rings (SSSR count). The third-order valence-corrected chi connectivity index (χ3v) is 3.15. The molecule has 0 saturated carbocycles. The lowest BCUT2D eigenvalue weighted by atomic mass is 10.2. The Morgan fingerprint density at radius 3 is 3.00 bits per heavy atom. The first-order chi connectivity index (χ1) is 6.83. The molecular formula is C10H20N2OS. The molecule has 82 valence electrons. The minimum absolute atomic E-state index is 0.658. The molecule has 0 fully saturated rings. The summed E-state index contributed by atoms with van der Waals surface area (Å²) in [6.45, 7) is 5.10. The fourth-order valence-electron chi connectivity index (χ4n) is 1.32. The third kappa shape index (κ3) is 4.86. The van der Waals surface area contributed by atoms with Gasteiger partial charge < -0.3 is 10.1 Å². The van der Waals surface area contributed by atoms with Crippen LogP contribution in [0.4, 0.5) is 0 Å². The van der Waals surface area contributed by atoms with Gasteiger partial charge in [0.05, 0.1) is 6.54 Å². The fourth-order valence-corrected chi connectivity index (χ4v) is 2.18. The first-order valence-electron chi connectivity index (χ1n) is 5.27. The van der Waals surface area contributed by atoms with Crippen molar-refractivity contribution in [3.8, 4) is 0 Å². The summed E-state index contributed by atoms with van der Waals surface area (Å²) in [7, 11) is 1.75. The number of nitrogens with one attached hydrogen (secondary N) is 1. The van der Waals surface area contributed by atoms with Crippen molar-refractivity contribution in [3.05, 3.63) is 0 Å². The molecule has 1 atom stereocenters. The Balaban J connectivity index is 1.89. The van der Waals surface area contributed by atoms with Crippen LogP contribution in [0.1, 0.15) is 26.2 Å². The molecule has 0 amide bonds. The molecule has 0 saturated heterocycles. The van der Waals surface area contributed by atoms with Crippen molar-refractivity contribution < 1.29 is 4.74 Å². The molecule has 4 heteroatoms. The highest BCUT2D eigenvalue weighted by molar-refractivity contribution is 8.14. The average molecular weight is 216 g/mol. The van der Waals surface area contributed by atoms with Crippen LogP contribution in [0, 0.1) is 0 Å². The maximum absolute atomic E-state index is 4.99. The van der Waals surface area contributed by atoms with E-state index >= 15 is 0 Å². The van der Waals surface area contributed by atoms with Gasteiger partial charge in [-0.25, -0.2) is 0 Å². The largest absolute Gasteiger partial charge is 0.385 e. The summed E-state index contributed by atoms with van der Waals surface area (Å²) < 4.78 is 4.99. The topological polar surface area (TPSA) is 33.6 Å². The van der Waals surface area contributed by atoms with Crippen LogP contribution in [0.2, 0.25) is 0 Å². The van der Waals surface area contributed by atoms with Crippen LogP contribution in [0.5, 0.6) is 0 Å². The number of aliphatic imine (C=N–C) groups is 1. The Morgan fingerprint density at radius 1 is 1.50 bits per heavy atom. The van der Waals surface area contributed by atoms with E-state index in [1.165, 1.54) is 12.8 Å². The number of rotatable bonds is 6. The standard InChI is InChI=1S/C10H20N2OS/c1-9-8-12-10(14-9)11-6-4-3-5-7-13-2/h9H,3-8H2,1-2H3,(H,11,12). The lowest BCUT2D eigenvalue weighted by Gasteiger charge is -2.05. The van der Waals surface area contributed by atoms with Crippen LogP contribution < -0.4 is 5.32 Å². The Kier molecular flexibility index (Phi) is 6.03. The van der Waals surface area contributed by atoms with Gasteiger partial charge in [-0.05, 0) is 19.3 Å². The minimum atomic E-state index is 0.658. The third-order valence-electron chi connectivity index (χ3n) is 2.11. The van der Waals surface area contributed by atoms with E-state index in [0.29, 0.717) is 5.25 Å². The van der Waals surface area contributed by atoms with Gasteiger partial charge in [0.15, 0.2) is 5.17 Å². The number of hydrogen-bond acceptors (Lipinski definition) is 4. The highest BCUT2D eigenvalue weighted by Gasteiger charge is 2.13. The molecule has 0 radical (unpaired) electrons. The maximum Gasteiger partial charge on any atom is 0.156 e. The van der Waals surface area contributed by atoms with Crippen molar-refractivity contribution in [2.24, 2.45) is 4.99 Å². The number of hydrogen-bond donors (Lipinski definition) is 1. The molecule has 1 N–H and O–H groups in total. The van der Waals surface area contributed by atoms with Crippen molar-refractivity contribution in [3.63, 3.8) is 0 Å². The second-order valence-corrected chi connectivity index (χ2v) is 4.98. The molecule has 0 spiro atoms. The van der Waals surface area contributed by atoms with Crippen molar-refractivity contribution in [1.82, 2.24) is 5.32 Å². The molecule has 1 aliphatic rings. The van der Waals surface area contributed by atoms with E-state index < -0.39 is 0 Å². The summed E-state index contributed by atoms with van der Waals surface area (Å²) >= 11 is 1.85. The lowest BCUT2D eigenvalue weighted by Crippen LogP contribution is -2.20. The smallest absolute Gasteiger partial charge is 0.156 e. The summed E-state index contributed by atoms with van der Waals surface area (Å²) in [6, 6.07) is 0. The molecule has 1 unspecified atom stereocenters. The Labute approximate surface area is 90.7 Å². The zero-order valence-electron chi connectivity index (χ0n) is 9.08. The van der Waals surface area contributed by atoms with Crippen molar-refractivity contribution in [2.75, 3.05) is 26.8 Å². The van der Waals surface area contributed by atoms with E-state index in [1.807, 2.05) is 11.8 Å². The highest BCUT2D eigenvalue weighted by Crippen LogP contribution is 2.18. The SMILES string of the molecule is COCCCCCNC1=NCC(C)S1. The van der Waals surface area contributed by atoms with E-state index in [0.717, 1.165) is 31.3 Å². The average Bonchev–Trinajstić information content (AvgIpc) is 2.58. The quantitative estimate of drug-likeness (QED) is 0.688. The number of nitrogens with zero attached hydrogens (tertiary/aromatic N) is 1. The Bertz CT molecular complexity index is 185. The second-order valence-electron chi connectivity index (χ2n) is 3.55. The molecule has 1 aliphatic heterocycles. The normalized spacial score (nSPS) is 21.0. The van der Waals surface area contributed by atoms with E-state index in [4.69, 9.17) is 4.74 Å². The molecule has 3 nitrogen and oxygen atoms in total. The number of methoxy groups -OCH3 is 1. The van der Waals surface area contributed by atoms with Crippen LogP contribution in [-0.4, -0.2) is 37.2 Å². The molecule has 0 aromatic rings. The van der Waals surface area contributed by atoms with Gasteiger partial charge in [-0.2, -0.15) is 0 Å². The predicted octanol–water partition coefficient (Wildman–Crippen LogP) is 1.88. The van der Waals surface area contributed by atoms with E-state index in [1.54, 1.807) is 7.11 Å². The summed E-state index contributed by atoms with van der Waals surface area (Å²) in [5.74, 6) is 0. The molecule has 0 aromatic carbocycles. The monoisotopic (exact) mass is 216 g/mol. The zero-order valence-corrected chi connectivity index (χ0v) is 9.90. The number of amidine groups is 1.